The molecule has 104 valence electrons. The van der Waals surface area contributed by atoms with Gasteiger partial charge < -0.3 is 5.11 Å². The minimum absolute atomic E-state index is 0.0507. The van der Waals surface area contributed by atoms with E-state index in [0.717, 1.165) is 17.7 Å². The van der Waals surface area contributed by atoms with Crippen molar-refractivity contribution in [1.82, 2.24) is 4.98 Å². The third kappa shape index (κ3) is 3.11. The van der Waals surface area contributed by atoms with E-state index in [2.05, 4.69) is 29.2 Å². The lowest BCUT2D eigenvalue weighted by atomic mass is 9.88. The topological polar surface area (TPSA) is 33.1 Å². The van der Waals surface area contributed by atoms with Gasteiger partial charge in [-0.15, -0.1) is 0 Å². The Hall–Kier alpha value is -2.61. The van der Waals surface area contributed by atoms with Gasteiger partial charge in [-0.2, -0.15) is 0 Å². The van der Waals surface area contributed by atoms with Crippen LogP contribution in [0.4, 0.5) is 0 Å². The Balaban J connectivity index is 2.02. The summed E-state index contributed by atoms with van der Waals surface area (Å²) in [5.41, 5.74) is 3.12. The molecule has 21 heavy (non-hydrogen) atoms. The Kier molecular flexibility index (Phi) is 3.97. The fraction of sp³-hybridized carbons (Fsp3) is 0.105. The van der Waals surface area contributed by atoms with Gasteiger partial charge in [0.1, 0.15) is 5.75 Å². The van der Waals surface area contributed by atoms with Gasteiger partial charge in [0.15, 0.2) is 0 Å². The van der Waals surface area contributed by atoms with Crippen LogP contribution in [-0.2, 0) is 6.42 Å². The van der Waals surface area contributed by atoms with Gasteiger partial charge in [-0.1, -0.05) is 60.7 Å². The molecular formula is C19H17NO. The molecule has 3 aromatic rings. The zero-order valence-corrected chi connectivity index (χ0v) is 11.7. The molecule has 0 radical (unpaired) electrons. The lowest BCUT2D eigenvalue weighted by Gasteiger charge is -2.18. The molecule has 1 N–H and O–H groups in total. The zero-order valence-electron chi connectivity index (χ0n) is 11.7. The van der Waals surface area contributed by atoms with Gasteiger partial charge in [0.2, 0.25) is 0 Å². The number of nitrogens with zero attached hydrogens (tertiary/aromatic N) is 1. The fourth-order valence-corrected chi connectivity index (χ4v) is 2.59. The molecule has 0 saturated carbocycles. The Morgan fingerprint density at radius 1 is 0.810 bits per heavy atom. The molecule has 1 heterocycles. The first-order chi connectivity index (χ1) is 10.3. The molecule has 0 aliphatic carbocycles. The van der Waals surface area contributed by atoms with Gasteiger partial charge in [-0.05, 0) is 29.7 Å². The Labute approximate surface area is 124 Å². The Morgan fingerprint density at radius 2 is 1.48 bits per heavy atom. The number of pyridine rings is 1. The third-order valence-electron chi connectivity index (χ3n) is 3.63. The van der Waals surface area contributed by atoms with E-state index >= 15 is 0 Å². The maximum atomic E-state index is 10.2. The SMILES string of the molecule is Oc1cccnc1[C@H](Cc1ccccc1)c1ccccc1. The highest BCUT2D eigenvalue weighted by atomic mass is 16.3. The molecule has 3 rings (SSSR count). The summed E-state index contributed by atoms with van der Waals surface area (Å²) >= 11 is 0. The lowest BCUT2D eigenvalue weighted by molar-refractivity contribution is 0.459. The van der Waals surface area contributed by atoms with Crippen molar-refractivity contribution >= 4 is 0 Å². The van der Waals surface area contributed by atoms with Crippen molar-refractivity contribution in [2.75, 3.05) is 0 Å². The van der Waals surface area contributed by atoms with Gasteiger partial charge >= 0.3 is 0 Å². The summed E-state index contributed by atoms with van der Waals surface area (Å²) in [6.07, 6.45) is 2.55. The predicted octanol–water partition coefficient (Wildman–Crippen LogP) is 4.16. The van der Waals surface area contributed by atoms with Crippen LogP contribution in [0.2, 0.25) is 0 Å². The standard InChI is InChI=1S/C19H17NO/c21-18-12-7-13-20-19(18)17(16-10-5-2-6-11-16)14-15-8-3-1-4-9-15/h1-13,17,21H,14H2/t17-/m1/s1. The van der Waals surface area contributed by atoms with E-state index < -0.39 is 0 Å². The van der Waals surface area contributed by atoms with Crippen molar-refractivity contribution in [1.29, 1.82) is 0 Å². The Bertz CT molecular complexity index is 695. The predicted molar refractivity (Wildman–Crippen MR) is 84.3 cm³/mol. The normalized spacial score (nSPS) is 12.0. The second kappa shape index (κ2) is 6.23. The largest absolute Gasteiger partial charge is 0.506 e. The first kappa shape index (κ1) is 13.4. The molecular weight excluding hydrogens is 258 g/mol. The number of hydrogen-bond acceptors (Lipinski definition) is 2. The molecule has 2 nitrogen and oxygen atoms in total. The fourth-order valence-electron chi connectivity index (χ4n) is 2.59. The van der Waals surface area contributed by atoms with Crippen molar-refractivity contribution in [2.24, 2.45) is 0 Å². The van der Waals surface area contributed by atoms with E-state index in [-0.39, 0.29) is 11.7 Å². The molecule has 0 fully saturated rings. The maximum absolute atomic E-state index is 10.2. The summed E-state index contributed by atoms with van der Waals surface area (Å²) in [4.78, 5) is 4.40. The van der Waals surface area contributed by atoms with Gasteiger partial charge in [0.05, 0.1) is 5.69 Å². The van der Waals surface area contributed by atoms with E-state index in [9.17, 15) is 5.11 Å². The zero-order chi connectivity index (χ0) is 14.5. The summed E-state index contributed by atoms with van der Waals surface area (Å²) in [7, 11) is 0. The monoisotopic (exact) mass is 275 g/mol. The number of aromatic hydroxyl groups is 1. The van der Waals surface area contributed by atoms with Crippen LogP contribution < -0.4 is 0 Å². The van der Waals surface area contributed by atoms with Crippen LogP contribution in [0.3, 0.4) is 0 Å². The third-order valence-corrected chi connectivity index (χ3v) is 3.63. The molecule has 0 bridgehead atoms. The first-order valence-electron chi connectivity index (χ1n) is 7.07. The minimum Gasteiger partial charge on any atom is -0.506 e. The highest BCUT2D eigenvalue weighted by Gasteiger charge is 2.19. The van der Waals surface area contributed by atoms with Crippen molar-refractivity contribution in [3.63, 3.8) is 0 Å². The highest BCUT2D eigenvalue weighted by molar-refractivity contribution is 5.38. The molecule has 1 atom stereocenters. The van der Waals surface area contributed by atoms with Crippen LogP contribution in [0.1, 0.15) is 22.7 Å². The summed E-state index contributed by atoms with van der Waals surface area (Å²) in [5.74, 6) is 0.303. The van der Waals surface area contributed by atoms with E-state index in [1.807, 2.05) is 36.4 Å². The van der Waals surface area contributed by atoms with Gasteiger partial charge in [0.25, 0.3) is 0 Å². The Morgan fingerprint density at radius 3 is 2.14 bits per heavy atom. The number of aromatic nitrogens is 1. The first-order valence-corrected chi connectivity index (χ1v) is 7.07. The lowest BCUT2D eigenvalue weighted by Crippen LogP contribution is -2.07. The van der Waals surface area contributed by atoms with Crippen molar-refractivity contribution in [2.45, 2.75) is 12.3 Å². The summed E-state index contributed by atoms with van der Waals surface area (Å²) < 4.78 is 0. The molecule has 0 unspecified atom stereocenters. The second-order valence-corrected chi connectivity index (χ2v) is 5.06. The highest BCUT2D eigenvalue weighted by Crippen LogP contribution is 2.32. The van der Waals surface area contributed by atoms with Crippen molar-refractivity contribution < 1.29 is 5.11 Å². The number of rotatable bonds is 4. The van der Waals surface area contributed by atoms with Crippen LogP contribution in [-0.4, -0.2) is 10.1 Å². The van der Waals surface area contributed by atoms with Gasteiger partial charge in [0, 0.05) is 12.1 Å². The quantitative estimate of drug-likeness (QED) is 0.775. The van der Waals surface area contributed by atoms with Crippen LogP contribution in [0, 0.1) is 0 Å². The van der Waals surface area contributed by atoms with Crippen LogP contribution in [0.25, 0.3) is 0 Å². The van der Waals surface area contributed by atoms with E-state index in [1.54, 1.807) is 18.3 Å². The van der Waals surface area contributed by atoms with Crippen molar-refractivity contribution in [3.8, 4) is 5.75 Å². The molecule has 0 aliphatic heterocycles. The average Bonchev–Trinajstić information content (AvgIpc) is 2.55. The van der Waals surface area contributed by atoms with Crippen LogP contribution >= 0.6 is 0 Å². The van der Waals surface area contributed by atoms with Gasteiger partial charge in [-0.3, -0.25) is 4.98 Å². The smallest absolute Gasteiger partial charge is 0.137 e. The van der Waals surface area contributed by atoms with E-state index in [1.165, 1.54) is 5.56 Å². The van der Waals surface area contributed by atoms with Crippen LogP contribution in [0.5, 0.6) is 5.75 Å². The molecule has 0 amide bonds. The van der Waals surface area contributed by atoms with Gasteiger partial charge in [-0.25, -0.2) is 0 Å². The second-order valence-electron chi connectivity index (χ2n) is 5.06. The van der Waals surface area contributed by atoms with Crippen molar-refractivity contribution in [3.05, 3.63) is 95.8 Å². The molecule has 0 saturated heterocycles. The minimum atomic E-state index is 0.0507. The summed E-state index contributed by atoms with van der Waals surface area (Å²) in [5, 5.41) is 10.2. The molecule has 1 aromatic heterocycles. The van der Waals surface area contributed by atoms with E-state index in [0.29, 0.717) is 0 Å². The molecule has 2 heteroatoms. The summed E-state index contributed by atoms with van der Waals surface area (Å²) in [6.45, 7) is 0. The maximum Gasteiger partial charge on any atom is 0.137 e. The summed E-state index contributed by atoms with van der Waals surface area (Å²) in [6, 6.07) is 24.0. The molecule has 2 aromatic carbocycles. The molecule has 0 spiro atoms. The number of hydrogen-bond donors (Lipinski definition) is 1. The molecule has 0 aliphatic rings. The average molecular weight is 275 g/mol. The van der Waals surface area contributed by atoms with Crippen LogP contribution in [0.15, 0.2) is 79.0 Å². The van der Waals surface area contributed by atoms with E-state index in [4.69, 9.17) is 0 Å². The number of benzene rings is 2.